The van der Waals surface area contributed by atoms with Crippen molar-refractivity contribution in [1.82, 2.24) is 4.57 Å². The lowest BCUT2D eigenvalue weighted by Crippen LogP contribution is -2.35. The summed E-state index contributed by atoms with van der Waals surface area (Å²) in [5.41, 5.74) is 0.542. The topological polar surface area (TPSA) is 101 Å². The molecule has 0 spiro atoms. The predicted octanol–water partition coefficient (Wildman–Crippen LogP) is 0.0388. The highest BCUT2D eigenvalue weighted by atomic mass is 16.6. The molecule has 1 fully saturated rings. The molecule has 4 atom stereocenters. The van der Waals surface area contributed by atoms with Crippen LogP contribution in [-0.2, 0) is 11.3 Å². The Morgan fingerprint density at radius 1 is 1.12 bits per heavy atom. The van der Waals surface area contributed by atoms with Gasteiger partial charge < -0.3 is 24.8 Å². The first-order chi connectivity index (χ1) is 11.6. The number of benzene rings is 1. The van der Waals surface area contributed by atoms with Gasteiger partial charge in [0.2, 0.25) is 0 Å². The minimum absolute atomic E-state index is 0.331. The highest BCUT2D eigenvalue weighted by Gasteiger charge is 2.43. The number of pyridine rings is 1. The van der Waals surface area contributed by atoms with Crippen molar-refractivity contribution < 1.29 is 24.8 Å². The predicted molar refractivity (Wildman–Crippen MR) is 84.5 cm³/mol. The fourth-order valence-electron chi connectivity index (χ4n) is 2.62. The molecular weight excluding hydrogens is 314 g/mol. The van der Waals surface area contributed by atoms with E-state index in [-0.39, 0.29) is 0 Å². The van der Waals surface area contributed by atoms with Crippen molar-refractivity contribution in [2.75, 3.05) is 6.61 Å². The van der Waals surface area contributed by atoms with E-state index in [0.29, 0.717) is 12.4 Å². The Morgan fingerprint density at radius 2 is 1.88 bits per heavy atom. The van der Waals surface area contributed by atoms with E-state index in [9.17, 15) is 15.0 Å². The Hall–Kier alpha value is -2.19. The average Bonchev–Trinajstić information content (AvgIpc) is 2.89. The van der Waals surface area contributed by atoms with E-state index in [2.05, 4.69) is 0 Å². The fourth-order valence-corrected chi connectivity index (χ4v) is 2.62. The summed E-state index contributed by atoms with van der Waals surface area (Å²) in [6.07, 6.45) is -3.08. The molecule has 1 saturated heterocycles. The average molecular weight is 333 g/mol. The van der Waals surface area contributed by atoms with Crippen LogP contribution in [0, 0.1) is 0 Å². The first-order valence-electron chi connectivity index (χ1n) is 7.61. The molecule has 1 aromatic carbocycles. The molecule has 1 aliphatic heterocycles. The summed E-state index contributed by atoms with van der Waals surface area (Å²) in [5, 5.41) is 28.9. The van der Waals surface area contributed by atoms with Crippen molar-refractivity contribution in [2.24, 2.45) is 0 Å². The van der Waals surface area contributed by atoms with Crippen LogP contribution in [0.5, 0.6) is 5.75 Å². The van der Waals surface area contributed by atoms with Crippen LogP contribution in [0.4, 0.5) is 0 Å². The Labute approximate surface area is 138 Å². The second-order valence-corrected chi connectivity index (χ2v) is 5.61. The Balaban J connectivity index is 1.72. The van der Waals surface area contributed by atoms with Gasteiger partial charge in [-0.25, -0.2) is 0 Å². The van der Waals surface area contributed by atoms with Gasteiger partial charge in [0.1, 0.15) is 30.7 Å². The number of ether oxygens (including phenoxy) is 2. The molecule has 0 aliphatic carbocycles. The standard InChI is InChI=1S/C17H19NO6/c19-9-13-15(21)16(22)17(24-13)18-7-6-12(8-14(18)20)23-10-11-4-2-1-3-5-11/h1-8,13,15-17,19,21-22H,9-10H2/t13-,15-,16-,17-/m1/s1. The molecule has 0 amide bonds. The van der Waals surface area contributed by atoms with Crippen molar-refractivity contribution in [1.29, 1.82) is 0 Å². The molecule has 3 rings (SSSR count). The number of rotatable bonds is 5. The zero-order valence-corrected chi connectivity index (χ0v) is 12.9. The smallest absolute Gasteiger partial charge is 0.256 e. The van der Waals surface area contributed by atoms with Crippen molar-refractivity contribution >= 4 is 0 Å². The maximum absolute atomic E-state index is 12.2. The molecule has 24 heavy (non-hydrogen) atoms. The van der Waals surface area contributed by atoms with E-state index >= 15 is 0 Å². The minimum atomic E-state index is -1.30. The highest BCUT2D eigenvalue weighted by molar-refractivity contribution is 5.20. The molecule has 7 heteroatoms. The van der Waals surface area contributed by atoms with E-state index in [1.807, 2.05) is 30.3 Å². The Bertz CT molecular complexity index is 731. The van der Waals surface area contributed by atoms with Crippen LogP contribution in [0.1, 0.15) is 11.8 Å². The molecule has 2 heterocycles. The van der Waals surface area contributed by atoms with Crippen LogP contribution in [0.3, 0.4) is 0 Å². The maximum atomic E-state index is 12.2. The van der Waals surface area contributed by atoms with Gasteiger partial charge >= 0.3 is 0 Å². The monoisotopic (exact) mass is 333 g/mol. The molecule has 2 aromatic rings. The van der Waals surface area contributed by atoms with Gasteiger partial charge in [-0.05, 0) is 11.6 Å². The fraction of sp³-hybridized carbons (Fsp3) is 0.353. The Kier molecular flexibility index (Phi) is 4.96. The first kappa shape index (κ1) is 16.7. The summed E-state index contributed by atoms with van der Waals surface area (Å²) in [6.45, 7) is -0.111. The molecule has 0 bridgehead atoms. The van der Waals surface area contributed by atoms with Crippen LogP contribution in [0.25, 0.3) is 0 Å². The van der Waals surface area contributed by atoms with Gasteiger partial charge in [0.25, 0.3) is 5.56 Å². The van der Waals surface area contributed by atoms with Crippen molar-refractivity contribution in [2.45, 2.75) is 31.1 Å². The molecule has 1 aliphatic rings. The van der Waals surface area contributed by atoms with Gasteiger partial charge in [-0.2, -0.15) is 0 Å². The quantitative estimate of drug-likeness (QED) is 0.714. The number of hydrogen-bond donors (Lipinski definition) is 3. The molecule has 7 nitrogen and oxygen atoms in total. The van der Waals surface area contributed by atoms with E-state index in [4.69, 9.17) is 14.6 Å². The Morgan fingerprint density at radius 3 is 2.50 bits per heavy atom. The van der Waals surface area contributed by atoms with Crippen LogP contribution >= 0.6 is 0 Å². The molecule has 3 N–H and O–H groups in total. The number of aliphatic hydroxyl groups excluding tert-OH is 3. The second-order valence-electron chi connectivity index (χ2n) is 5.61. The zero-order valence-electron chi connectivity index (χ0n) is 12.9. The third-order valence-corrected chi connectivity index (χ3v) is 3.96. The van der Waals surface area contributed by atoms with Gasteiger partial charge in [-0.1, -0.05) is 30.3 Å². The molecule has 0 unspecified atom stereocenters. The number of hydrogen-bond acceptors (Lipinski definition) is 6. The van der Waals surface area contributed by atoms with Gasteiger partial charge in [0.15, 0.2) is 6.23 Å². The summed E-state index contributed by atoms with van der Waals surface area (Å²) >= 11 is 0. The highest BCUT2D eigenvalue weighted by Crippen LogP contribution is 2.28. The van der Waals surface area contributed by atoms with E-state index in [0.717, 1.165) is 5.56 Å². The summed E-state index contributed by atoms with van der Waals surface area (Å²) in [7, 11) is 0. The first-order valence-corrected chi connectivity index (χ1v) is 7.61. The van der Waals surface area contributed by atoms with Crippen LogP contribution in [-0.4, -0.2) is 44.8 Å². The van der Waals surface area contributed by atoms with Gasteiger partial charge in [0, 0.05) is 12.3 Å². The number of aliphatic hydroxyl groups is 3. The summed E-state index contributed by atoms with van der Waals surface area (Å²) in [6, 6.07) is 12.4. The van der Waals surface area contributed by atoms with Crippen molar-refractivity contribution in [3.63, 3.8) is 0 Å². The molecular formula is C17H19NO6. The largest absolute Gasteiger partial charge is 0.489 e. The molecule has 128 valence electrons. The SMILES string of the molecule is O=c1cc(OCc2ccccc2)ccn1[C@@H]1O[C@H](CO)[C@@H](O)[C@H]1O. The summed E-state index contributed by atoms with van der Waals surface area (Å²) in [4.78, 5) is 12.2. The van der Waals surface area contributed by atoms with E-state index in [1.165, 1.54) is 16.8 Å². The molecule has 0 radical (unpaired) electrons. The van der Waals surface area contributed by atoms with Gasteiger partial charge in [-0.3, -0.25) is 9.36 Å². The summed E-state index contributed by atoms with van der Waals surface area (Å²) in [5.74, 6) is 0.395. The maximum Gasteiger partial charge on any atom is 0.256 e. The van der Waals surface area contributed by atoms with Crippen molar-refractivity contribution in [3.8, 4) is 5.75 Å². The van der Waals surface area contributed by atoms with Crippen LogP contribution < -0.4 is 10.3 Å². The second kappa shape index (κ2) is 7.14. The lowest BCUT2D eigenvalue weighted by atomic mass is 10.1. The van der Waals surface area contributed by atoms with Crippen molar-refractivity contribution in [3.05, 3.63) is 64.6 Å². The van der Waals surface area contributed by atoms with Crippen LogP contribution in [0.15, 0.2) is 53.5 Å². The van der Waals surface area contributed by atoms with Gasteiger partial charge in [-0.15, -0.1) is 0 Å². The van der Waals surface area contributed by atoms with Gasteiger partial charge in [0.05, 0.1) is 6.61 Å². The summed E-state index contributed by atoms with van der Waals surface area (Å²) < 4.78 is 12.1. The molecule has 0 saturated carbocycles. The number of aromatic nitrogens is 1. The zero-order chi connectivity index (χ0) is 17.1. The van der Waals surface area contributed by atoms with E-state index in [1.54, 1.807) is 6.07 Å². The lowest BCUT2D eigenvalue weighted by Gasteiger charge is -2.18. The molecule has 1 aromatic heterocycles. The normalized spacial score (nSPS) is 26.5. The minimum Gasteiger partial charge on any atom is -0.489 e. The third kappa shape index (κ3) is 3.34. The van der Waals surface area contributed by atoms with E-state index < -0.39 is 36.7 Å². The lowest BCUT2D eigenvalue weighted by molar-refractivity contribution is -0.0544. The third-order valence-electron chi connectivity index (χ3n) is 3.96. The number of nitrogens with zero attached hydrogens (tertiary/aromatic N) is 1. The van der Waals surface area contributed by atoms with Crippen LogP contribution in [0.2, 0.25) is 0 Å².